The molecular weight excluding hydrogens is 251 g/mol. The zero-order chi connectivity index (χ0) is 14.1. The molecule has 2 nitrogen and oxygen atoms in total. The molecule has 1 aromatic rings. The lowest BCUT2D eigenvalue weighted by Crippen LogP contribution is -2.43. The summed E-state index contributed by atoms with van der Waals surface area (Å²) in [6, 6.07) is 6.92. The molecule has 1 heterocycles. The predicted molar refractivity (Wildman–Crippen MR) is 80.3 cm³/mol. The van der Waals surface area contributed by atoms with Gasteiger partial charge < -0.3 is 5.32 Å². The minimum absolute atomic E-state index is 0.0901. The van der Waals surface area contributed by atoms with Crippen molar-refractivity contribution in [2.24, 2.45) is 5.92 Å². The molecule has 0 aromatic heterocycles. The second kappa shape index (κ2) is 5.82. The first-order chi connectivity index (χ1) is 9.70. The molecule has 2 atom stereocenters. The van der Waals surface area contributed by atoms with E-state index in [9.17, 15) is 4.39 Å². The number of rotatable bonds is 4. The Morgan fingerprint density at radius 2 is 2.10 bits per heavy atom. The fourth-order valence-corrected chi connectivity index (χ4v) is 3.71. The lowest BCUT2D eigenvalue weighted by atomic mass is 9.84. The quantitative estimate of drug-likeness (QED) is 0.908. The fourth-order valence-electron chi connectivity index (χ4n) is 3.71. The second-order valence-corrected chi connectivity index (χ2v) is 6.38. The van der Waals surface area contributed by atoms with Crippen molar-refractivity contribution in [1.82, 2.24) is 10.2 Å². The zero-order valence-electron chi connectivity index (χ0n) is 12.5. The maximum absolute atomic E-state index is 13.6. The highest BCUT2D eigenvalue weighted by Gasteiger charge is 2.40. The van der Waals surface area contributed by atoms with Gasteiger partial charge in [-0.05, 0) is 75.9 Å². The minimum Gasteiger partial charge on any atom is -0.319 e. The Kier molecular flexibility index (Phi) is 4.08. The molecule has 1 saturated heterocycles. The van der Waals surface area contributed by atoms with Gasteiger partial charge in [0.15, 0.2) is 0 Å². The Morgan fingerprint density at radius 3 is 2.75 bits per heavy atom. The van der Waals surface area contributed by atoms with Crippen molar-refractivity contribution in [3.8, 4) is 0 Å². The number of piperidine rings is 1. The molecular formula is C17H25FN2. The maximum atomic E-state index is 13.6. The van der Waals surface area contributed by atoms with Crippen molar-refractivity contribution < 1.29 is 4.39 Å². The lowest BCUT2D eigenvalue weighted by Gasteiger charge is -2.42. The van der Waals surface area contributed by atoms with Crippen LogP contribution in [0.4, 0.5) is 4.39 Å². The van der Waals surface area contributed by atoms with Crippen molar-refractivity contribution in [1.29, 1.82) is 0 Å². The van der Waals surface area contributed by atoms with Gasteiger partial charge in [-0.3, -0.25) is 4.90 Å². The maximum Gasteiger partial charge on any atom is 0.126 e. The molecule has 1 aliphatic heterocycles. The molecule has 2 unspecified atom stereocenters. The Bertz CT molecular complexity index is 468. The van der Waals surface area contributed by atoms with Gasteiger partial charge in [0.25, 0.3) is 0 Å². The van der Waals surface area contributed by atoms with E-state index < -0.39 is 0 Å². The van der Waals surface area contributed by atoms with Crippen LogP contribution >= 0.6 is 0 Å². The highest BCUT2D eigenvalue weighted by atomic mass is 19.1. The zero-order valence-corrected chi connectivity index (χ0v) is 12.5. The highest BCUT2D eigenvalue weighted by molar-refractivity contribution is 5.28. The van der Waals surface area contributed by atoms with Gasteiger partial charge in [-0.15, -0.1) is 0 Å². The molecule has 110 valence electrons. The van der Waals surface area contributed by atoms with Crippen LogP contribution in [-0.4, -0.2) is 31.1 Å². The molecule has 1 aromatic carbocycles. The van der Waals surface area contributed by atoms with Crippen LogP contribution in [0.25, 0.3) is 0 Å². The summed E-state index contributed by atoms with van der Waals surface area (Å²) in [5.74, 6) is 0.548. The van der Waals surface area contributed by atoms with E-state index in [1.165, 1.54) is 37.8 Å². The van der Waals surface area contributed by atoms with Crippen LogP contribution in [0.5, 0.6) is 0 Å². The fraction of sp³-hybridized carbons (Fsp3) is 0.647. The summed E-state index contributed by atoms with van der Waals surface area (Å²) in [6.45, 7) is 4.12. The number of hydrogen-bond donors (Lipinski definition) is 1. The van der Waals surface area contributed by atoms with Crippen molar-refractivity contribution in [2.75, 3.05) is 20.1 Å². The van der Waals surface area contributed by atoms with Crippen LogP contribution in [0.3, 0.4) is 0 Å². The van der Waals surface area contributed by atoms with E-state index in [0.717, 1.165) is 18.2 Å². The van der Waals surface area contributed by atoms with E-state index in [1.807, 2.05) is 20.0 Å². The molecule has 1 saturated carbocycles. The second-order valence-electron chi connectivity index (χ2n) is 6.38. The van der Waals surface area contributed by atoms with Crippen LogP contribution in [-0.2, 0) is 0 Å². The van der Waals surface area contributed by atoms with Crippen molar-refractivity contribution in [3.05, 3.63) is 35.1 Å². The number of halogens is 1. The molecule has 0 bridgehead atoms. The molecule has 3 rings (SSSR count). The van der Waals surface area contributed by atoms with E-state index in [-0.39, 0.29) is 5.82 Å². The standard InChI is InChI=1S/C17H25FN2/c1-12-10-13(5-8-16(12)18)17-14(11-19-2)4-3-9-20(17)15-6-7-15/h5,8,10,14-15,17,19H,3-4,6-7,9,11H2,1-2H3. The van der Waals surface area contributed by atoms with E-state index >= 15 is 0 Å². The summed E-state index contributed by atoms with van der Waals surface area (Å²) in [7, 11) is 2.03. The van der Waals surface area contributed by atoms with E-state index in [2.05, 4.69) is 16.3 Å². The van der Waals surface area contributed by atoms with Gasteiger partial charge in [0.05, 0.1) is 0 Å². The summed E-state index contributed by atoms with van der Waals surface area (Å²) < 4.78 is 13.6. The topological polar surface area (TPSA) is 15.3 Å². The molecule has 1 N–H and O–H groups in total. The van der Waals surface area contributed by atoms with Gasteiger partial charge >= 0.3 is 0 Å². The molecule has 2 aliphatic rings. The monoisotopic (exact) mass is 276 g/mol. The molecule has 2 fully saturated rings. The summed E-state index contributed by atoms with van der Waals surface area (Å²) >= 11 is 0. The van der Waals surface area contributed by atoms with E-state index in [0.29, 0.717) is 12.0 Å². The first-order valence-electron chi connectivity index (χ1n) is 7.87. The summed E-state index contributed by atoms with van der Waals surface area (Å²) in [4.78, 5) is 2.68. The molecule has 0 spiro atoms. The average molecular weight is 276 g/mol. The number of aryl methyl sites for hydroxylation is 1. The van der Waals surface area contributed by atoms with Crippen molar-refractivity contribution >= 4 is 0 Å². The Balaban J connectivity index is 1.91. The number of hydrogen-bond acceptors (Lipinski definition) is 2. The Morgan fingerprint density at radius 1 is 1.30 bits per heavy atom. The first-order valence-corrected chi connectivity index (χ1v) is 7.87. The first kappa shape index (κ1) is 14.0. The molecule has 0 radical (unpaired) electrons. The van der Waals surface area contributed by atoms with Crippen molar-refractivity contribution in [3.63, 3.8) is 0 Å². The number of likely N-dealkylation sites (tertiary alicyclic amines) is 1. The normalized spacial score (nSPS) is 27.8. The van der Waals surface area contributed by atoms with Gasteiger partial charge in [0.1, 0.15) is 5.82 Å². The number of nitrogens with zero attached hydrogens (tertiary/aromatic N) is 1. The molecule has 0 amide bonds. The third-order valence-corrected chi connectivity index (χ3v) is 4.80. The average Bonchev–Trinajstić information content (AvgIpc) is 3.27. The molecule has 20 heavy (non-hydrogen) atoms. The van der Waals surface area contributed by atoms with Crippen LogP contribution in [0.2, 0.25) is 0 Å². The van der Waals surface area contributed by atoms with E-state index in [4.69, 9.17) is 0 Å². The third-order valence-electron chi connectivity index (χ3n) is 4.80. The van der Waals surface area contributed by atoms with Crippen LogP contribution < -0.4 is 5.32 Å². The van der Waals surface area contributed by atoms with E-state index in [1.54, 1.807) is 6.07 Å². The lowest BCUT2D eigenvalue weighted by molar-refractivity contribution is 0.0844. The Hall–Kier alpha value is -0.930. The van der Waals surface area contributed by atoms with Gasteiger partial charge in [0.2, 0.25) is 0 Å². The van der Waals surface area contributed by atoms with Crippen LogP contribution in [0.1, 0.15) is 42.9 Å². The summed E-state index contributed by atoms with van der Waals surface area (Å²) in [5, 5.41) is 3.34. The van der Waals surface area contributed by atoms with Crippen LogP contribution in [0, 0.1) is 18.7 Å². The molecule has 1 aliphatic carbocycles. The smallest absolute Gasteiger partial charge is 0.126 e. The van der Waals surface area contributed by atoms with Gasteiger partial charge in [-0.25, -0.2) is 4.39 Å². The number of benzene rings is 1. The highest BCUT2D eigenvalue weighted by Crippen LogP contribution is 2.42. The summed E-state index contributed by atoms with van der Waals surface area (Å²) in [6.07, 6.45) is 5.23. The largest absolute Gasteiger partial charge is 0.319 e. The Labute approximate surface area is 121 Å². The molecule has 3 heteroatoms. The van der Waals surface area contributed by atoms with Gasteiger partial charge in [-0.2, -0.15) is 0 Å². The minimum atomic E-state index is -0.0901. The number of nitrogens with one attached hydrogen (secondary N) is 1. The van der Waals surface area contributed by atoms with Crippen LogP contribution in [0.15, 0.2) is 18.2 Å². The van der Waals surface area contributed by atoms with Gasteiger partial charge in [0, 0.05) is 12.1 Å². The SMILES string of the molecule is CNCC1CCCN(C2CC2)C1c1ccc(F)c(C)c1. The predicted octanol–water partition coefficient (Wildman–Crippen LogP) is 3.27. The summed E-state index contributed by atoms with van der Waals surface area (Å²) in [5.41, 5.74) is 2.07. The van der Waals surface area contributed by atoms with Gasteiger partial charge in [-0.1, -0.05) is 12.1 Å². The third kappa shape index (κ3) is 2.75. The van der Waals surface area contributed by atoms with Crippen molar-refractivity contribution in [2.45, 2.75) is 44.7 Å².